The van der Waals surface area contributed by atoms with Gasteiger partial charge < -0.3 is 5.32 Å². The maximum atomic E-state index is 4.35. The maximum absolute atomic E-state index is 4.35. The molecule has 2 rings (SSSR count). The first kappa shape index (κ1) is 8.69. The van der Waals surface area contributed by atoms with Crippen LogP contribution in [-0.2, 0) is 7.05 Å². The molecule has 1 N–H and O–H groups in total. The molecular formula is C9H16N4. The molecule has 4 nitrogen and oxygen atoms in total. The molecule has 0 aliphatic carbocycles. The van der Waals surface area contributed by atoms with E-state index in [1.54, 1.807) is 11.0 Å². The van der Waals surface area contributed by atoms with E-state index in [4.69, 9.17) is 0 Å². The smallest absolute Gasteiger partial charge is 0.153 e. The van der Waals surface area contributed by atoms with Gasteiger partial charge in [-0.1, -0.05) is 0 Å². The highest BCUT2D eigenvalue weighted by Crippen LogP contribution is 2.22. The van der Waals surface area contributed by atoms with Crippen molar-refractivity contribution in [2.24, 2.45) is 7.05 Å². The summed E-state index contributed by atoms with van der Waals surface area (Å²) in [7, 11) is 1.92. The predicted octanol–water partition coefficient (Wildman–Crippen LogP) is 0.672. The molecule has 0 amide bonds. The molecule has 0 aromatic carbocycles. The van der Waals surface area contributed by atoms with Crippen LogP contribution in [0.4, 0.5) is 0 Å². The quantitative estimate of drug-likeness (QED) is 0.691. The molecule has 1 aromatic heterocycles. The third-order valence-electron chi connectivity index (χ3n) is 2.56. The first-order valence-electron chi connectivity index (χ1n) is 4.92. The van der Waals surface area contributed by atoms with Crippen LogP contribution in [0.1, 0.15) is 31.0 Å². The van der Waals surface area contributed by atoms with Gasteiger partial charge in [0.25, 0.3) is 0 Å². The van der Waals surface area contributed by atoms with E-state index in [1.807, 2.05) is 7.05 Å². The van der Waals surface area contributed by atoms with Crippen LogP contribution in [0.25, 0.3) is 0 Å². The summed E-state index contributed by atoms with van der Waals surface area (Å²) in [5.41, 5.74) is 0. The fourth-order valence-corrected chi connectivity index (χ4v) is 1.82. The number of rotatable bonds is 1. The lowest BCUT2D eigenvalue weighted by atomic mass is 10.0. The number of aromatic nitrogens is 3. The minimum atomic E-state index is 0.566. The Labute approximate surface area is 78.4 Å². The lowest BCUT2D eigenvalue weighted by Gasteiger charge is -2.07. The van der Waals surface area contributed by atoms with Gasteiger partial charge >= 0.3 is 0 Å². The van der Waals surface area contributed by atoms with Gasteiger partial charge in [0, 0.05) is 13.0 Å². The summed E-state index contributed by atoms with van der Waals surface area (Å²) in [6.07, 6.45) is 5.41. The number of nitrogens with zero attached hydrogens (tertiary/aromatic N) is 3. The fourth-order valence-electron chi connectivity index (χ4n) is 1.82. The highest BCUT2D eigenvalue weighted by molar-refractivity contribution is 4.94. The summed E-state index contributed by atoms with van der Waals surface area (Å²) in [6, 6.07) is 0. The van der Waals surface area contributed by atoms with E-state index in [2.05, 4.69) is 15.4 Å². The molecule has 0 radical (unpaired) electrons. The second-order valence-electron chi connectivity index (χ2n) is 3.65. The van der Waals surface area contributed by atoms with Crippen molar-refractivity contribution in [2.45, 2.75) is 25.2 Å². The van der Waals surface area contributed by atoms with Crippen LogP contribution < -0.4 is 5.32 Å². The molecule has 2 heterocycles. The van der Waals surface area contributed by atoms with E-state index in [1.165, 1.54) is 19.3 Å². The van der Waals surface area contributed by atoms with Crippen molar-refractivity contribution >= 4 is 0 Å². The minimum absolute atomic E-state index is 0.566. The third-order valence-corrected chi connectivity index (χ3v) is 2.56. The lowest BCUT2D eigenvalue weighted by Crippen LogP contribution is -2.14. The first-order valence-corrected chi connectivity index (χ1v) is 4.92. The molecule has 1 saturated heterocycles. The topological polar surface area (TPSA) is 42.7 Å². The summed E-state index contributed by atoms with van der Waals surface area (Å²) >= 11 is 0. The molecule has 0 saturated carbocycles. The molecule has 1 atom stereocenters. The summed E-state index contributed by atoms with van der Waals surface area (Å²) in [5, 5.41) is 7.75. The zero-order valence-electron chi connectivity index (χ0n) is 8.03. The molecule has 1 fully saturated rings. The van der Waals surface area contributed by atoms with Gasteiger partial charge in [-0.2, -0.15) is 5.10 Å². The lowest BCUT2D eigenvalue weighted by molar-refractivity contribution is 0.568. The third kappa shape index (κ3) is 2.06. The Morgan fingerprint density at radius 1 is 1.46 bits per heavy atom. The molecule has 0 spiro atoms. The van der Waals surface area contributed by atoms with Gasteiger partial charge in [-0.25, -0.2) is 4.98 Å². The van der Waals surface area contributed by atoms with Crippen molar-refractivity contribution in [1.82, 2.24) is 20.1 Å². The fraction of sp³-hybridized carbons (Fsp3) is 0.778. The molecule has 1 aliphatic heterocycles. The summed E-state index contributed by atoms with van der Waals surface area (Å²) in [6.45, 7) is 2.24. The minimum Gasteiger partial charge on any atom is -0.317 e. The number of hydrogen-bond acceptors (Lipinski definition) is 3. The van der Waals surface area contributed by atoms with Crippen LogP contribution in [0.15, 0.2) is 6.33 Å². The monoisotopic (exact) mass is 180 g/mol. The van der Waals surface area contributed by atoms with E-state index in [-0.39, 0.29) is 0 Å². The normalized spacial score (nSPS) is 24.2. The highest BCUT2D eigenvalue weighted by Gasteiger charge is 2.17. The van der Waals surface area contributed by atoms with Crippen molar-refractivity contribution in [3.8, 4) is 0 Å². The Balaban J connectivity index is 2.06. The Hall–Kier alpha value is -0.900. The second kappa shape index (κ2) is 3.87. The van der Waals surface area contributed by atoms with Gasteiger partial charge in [0.05, 0.1) is 0 Å². The Bertz CT molecular complexity index is 260. The highest BCUT2D eigenvalue weighted by atomic mass is 15.3. The molecule has 1 unspecified atom stereocenters. The SMILES string of the molecule is Cn1cnc(C2CCCNCC2)n1. The van der Waals surface area contributed by atoms with Gasteiger partial charge in [0.15, 0.2) is 5.82 Å². The molecule has 1 aromatic rings. The van der Waals surface area contributed by atoms with Crippen molar-refractivity contribution < 1.29 is 0 Å². The molecule has 0 bridgehead atoms. The number of aryl methyl sites for hydroxylation is 1. The maximum Gasteiger partial charge on any atom is 0.153 e. The number of hydrogen-bond donors (Lipinski definition) is 1. The molecule has 72 valence electrons. The van der Waals surface area contributed by atoms with Gasteiger partial charge in [-0.3, -0.25) is 4.68 Å². The molecule has 13 heavy (non-hydrogen) atoms. The van der Waals surface area contributed by atoms with Crippen LogP contribution in [-0.4, -0.2) is 27.9 Å². The van der Waals surface area contributed by atoms with Crippen LogP contribution in [0, 0.1) is 0 Å². The Morgan fingerprint density at radius 2 is 2.38 bits per heavy atom. The van der Waals surface area contributed by atoms with E-state index in [0.717, 1.165) is 18.9 Å². The van der Waals surface area contributed by atoms with Crippen molar-refractivity contribution in [3.05, 3.63) is 12.2 Å². The van der Waals surface area contributed by atoms with Gasteiger partial charge in [-0.15, -0.1) is 0 Å². The average molecular weight is 180 g/mol. The summed E-state index contributed by atoms with van der Waals surface area (Å²) in [5.74, 6) is 1.59. The van der Waals surface area contributed by atoms with E-state index < -0.39 is 0 Å². The number of nitrogens with one attached hydrogen (secondary N) is 1. The van der Waals surface area contributed by atoms with Gasteiger partial charge in [-0.05, 0) is 32.4 Å². The van der Waals surface area contributed by atoms with E-state index in [9.17, 15) is 0 Å². The van der Waals surface area contributed by atoms with Crippen molar-refractivity contribution in [2.75, 3.05) is 13.1 Å². The van der Waals surface area contributed by atoms with Gasteiger partial charge in [0.2, 0.25) is 0 Å². The molecule has 4 heteroatoms. The van der Waals surface area contributed by atoms with Crippen LogP contribution in [0.3, 0.4) is 0 Å². The molecule has 1 aliphatic rings. The van der Waals surface area contributed by atoms with Crippen LogP contribution >= 0.6 is 0 Å². The van der Waals surface area contributed by atoms with E-state index >= 15 is 0 Å². The van der Waals surface area contributed by atoms with Crippen molar-refractivity contribution in [3.63, 3.8) is 0 Å². The van der Waals surface area contributed by atoms with Crippen molar-refractivity contribution in [1.29, 1.82) is 0 Å². The van der Waals surface area contributed by atoms with Crippen LogP contribution in [0.5, 0.6) is 0 Å². The van der Waals surface area contributed by atoms with Crippen LogP contribution in [0.2, 0.25) is 0 Å². The zero-order valence-corrected chi connectivity index (χ0v) is 8.03. The Kier molecular flexibility index (Phi) is 2.59. The molecular weight excluding hydrogens is 164 g/mol. The zero-order chi connectivity index (χ0) is 9.10. The Morgan fingerprint density at radius 3 is 3.15 bits per heavy atom. The second-order valence-corrected chi connectivity index (χ2v) is 3.65. The standard InChI is InChI=1S/C9H16N4/c1-13-7-11-9(12-13)8-3-2-5-10-6-4-8/h7-8,10H,2-6H2,1H3. The summed E-state index contributed by atoms with van der Waals surface area (Å²) in [4.78, 5) is 4.31. The van der Waals surface area contributed by atoms with Gasteiger partial charge in [0.1, 0.15) is 6.33 Å². The van der Waals surface area contributed by atoms with E-state index in [0.29, 0.717) is 5.92 Å². The summed E-state index contributed by atoms with van der Waals surface area (Å²) < 4.78 is 1.79. The average Bonchev–Trinajstić information content (AvgIpc) is 2.43. The largest absolute Gasteiger partial charge is 0.317 e. The first-order chi connectivity index (χ1) is 6.36. The predicted molar refractivity (Wildman–Crippen MR) is 50.5 cm³/mol.